The van der Waals surface area contributed by atoms with Gasteiger partial charge in [-0.15, -0.1) is 11.3 Å². The van der Waals surface area contributed by atoms with E-state index in [-0.39, 0.29) is 11.8 Å². The molecule has 0 radical (unpaired) electrons. The zero-order valence-electron chi connectivity index (χ0n) is 16.6. The Kier molecular flexibility index (Phi) is 7.08. The van der Waals surface area contributed by atoms with E-state index in [1.165, 1.54) is 16.2 Å². The molecule has 0 unspecified atom stereocenters. The molecule has 0 fully saturated rings. The average molecular weight is 435 g/mol. The van der Waals surface area contributed by atoms with Crippen LogP contribution in [0.5, 0.6) is 0 Å². The van der Waals surface area contributed by atoms with Gasteiger partial charge in [0.15, 0.2) is 0 Å². The molecule has 0 aliphatic carbocycles. The molecule has 0 saturated heterocycles. The van der Waals surface area contributed by atoms with Crippen molar-refractivity contribution >= 4 is 46.0 Å². The van der Waals surface area contributed by atoms with E-state index >= 15 is 0 Å². The van der Waals surface area contributed by atoms with Crippen molar-refractivity contribution in [2.45, 2.75) is 6.92 Å². The normalized spacial score (nSPS) is 14.3. The molecule has 2 aromatic rings. The van der Waals surface area contributed by atoms with Crippen LogP contribution in [-0.2, 0) is 19.1 Å². The van der Waals surface area contributed by atoms with Crippen molar-refractivity contribution in [3.8, 4) is 0 Å². The lowest BCUT2D eigenvalue weighted by Gasteiger charge is -2.26. The van der Waals surface area contributed by atoms with Crippen LogP contribution in [0.3, 0.4) is 0 Å². The van der Waals surface area contributed by atoms with Crippen LogP contribution in [0.1, 0.15) is 10.4 Å². The van der Waals surface area contributed by atoms with Gasteiger partial charge in [0.25, 0.3) is 11.8 Å². The molecular weight excluding hydrogens is 412 g/mol. The zero-order chi connectivity index (χ0) is 21.0. The Hall–Kier alpha value is -2.19. The maximum atomic E-state index is 13.5. The number of thiophene rings is 1. The molecule has 1 aliphatic heterocycles. The molecular formula is C21H23ClN2O4S. The van der Waals surface area contributed by atoms with Crippen LogP contribution in [-0.4, -0.2) is 57.2 Å². The summed E-state index contributed by atoms with van der Waals surface area (Å²) < 4.78 is 10.4. The lowest BCUT2D eigenvalue weighted by molar-refractivity contribution is -0.120. The second kappa shape index (κ2) is 9.54. The first-order valence-electron chi connectivity index (χ1n) is 9.15. The highest BCUT2D eigenvalue weighted by Crippen LogP contribution is 2.38. The van der Waals surface area contributed by atoms with Crippen LogP contribution in [0.25, 0.3) is 5.57 Å². The van der Waals surface area contributed by atoms with E-state index in [4.69, 9.17) is 21.1 Å². The van der Waals surface area contributed by atoms with Crippen LogP contribution < -0.4 is 4.90 Å². The number of halogens is 1. The van der Waals surface area contributed by atoms with Crippen molar-refractivity contribution in [2.24, 2.45) is 0 Å². The summed E-state index contributed by atoms with van der Waals surface area (Å²) in [5, 5.41) is 2.35. The molecule has 29 heavy (non-hydrogen) atoms. The molecule has 0 atom stereocenters. The fourth-order valence-corrected chi connectivity index (χ4v) is 4.16. The van der Waals surface area contributed by atoms with Crippen LogP contribution in [0.15, 0.2) is 41.4 Å². The summed E-state index contributed by atoms with van der Waals surface area (Å²) >= 11 is 7.58. The number of hydrogen-bond acceptors (Lipinski definition) is 6. The first-order chi connectivity index (χ1) is 14.0. The van der Waals surface area contributed by atoms with Gasteiger partial charge in [-0.2, -0.15) is 0 Å². The van der Waals surface area contributed by atoms with Gasteiger partial charge in [-0.3, -0.25) is 9.59 Å². The monoisotopic (exact) mass is 434 g/mol. The second-order valence-corrected chi connectivity index (χ2v) is 7.93. The molecule has 3 rings (SSSR count). The zero-order valence-corrected chi connectivity index (χ0v) is 18.2. The number of benzene rings is 1. The standard InChI is InChI=1S/C21H23ClN2O4S/c1-14-6-7-15(22)13-16(14)24-20(25)18(17-5-4-12-29-17)19(21(24)26)23(8-10-27-2)9-11-28-3/h4-7,12-13H,8-11H2,1-3H3. The Bertz CT molecular complexity index is 919. The number of aryl methyl sites for hydroxylation is 1. The third-order valence-corrected chi connectivity index (χ3v) is 5.81. The Balaban J connectivity index is 2.11. The minimum absolute atomic E-state index is 0.349. The molecule has 2 heterocycles. The Morgan fingerprint density at radius 1 is 1.07 bits per heavy atom. The number of carbonyl (C=O) groups is 2. The SMILES string of the molecule is COCCN(CCOC)C1=C(c2cccs2)C(=O)N(c2cc(Cl)ccc2C)C1=O. The van der Waals surface area contributed by atoms with Gasteiger partial charge in [-0.25, -0.2) is 4.90 Å². The first-order valence-corrected chi connectivity index (χ1v) is 10.4. The molecule has 1 aromatic heterocycles. The Labute approximate surface area is 179 Å². The van der Waals surface area contributed by atoms with E-state index in [1.807, 2.05) is 29.3 Å². The predicted molar refractivity (Wildman–Crippen MR) is 115 cm³/mol. The summed E-state index contributed by atoms with van der Waals surface area (Å²) in [6.45, 7) is 3.62. The van der Waals surface area contributed by atoms with Crippen LogP contribution in [0, 0.1) is 6.92 Å². The lowest BCUT2D eigenvalue weighted by atomic mass is 10.1. The summed E-state index contributed by atoms with van der Waals surface area (Å²) in [6.07, 6.45) is 0. The average Bonchev–Trinajstić information content (AvgIpc) is 3.31. The van der Waals surface area contributed by atoms with Gasteiger partial charge in [0.2, 0.25) is 0 Å². The quantitative estimate of drug-likeness (QED) is 0.564. The number of ether oxygens (including phenoxy) is 2. The minimum atomic E-state index is -0.365. The van der Waals surface area contributed by atoms with E-state index in [1.54, 1.807) is 32.4 Å². The third-order valence-electron chi connectivity index (χ3n) is 4.69. The van der Waals surface area contributed by atoms with E-state index in [2.05, 4.69) is 0 Å². The molecule has 6 nitrogen and oxygen atoms in total. The minimum Gasteiger partial charge on any atom is -0.383 e. The van der Waals surface area contributed by atoms with Gasteiger partial charge in [0.1, 0.15) is 5.70 Å². The van der Waals surface area contributed by atoms with Crippen molar-refractivity contribution in [3.63, 3.8) is 0 Å². The van der Waals surface area contributed by atoms with Crippen molar-refractivity contribution in [1.29, 1.82) is 0 Å². The van der Waals surface area contributed by atoms with Gasteiger partial charge >= 0.3 is 0 Å². The third kappa shape index (κ3) is 4.38. The van der Waals surface area contributed by atoms with Crippen LogP contribution in [0.4, 0.5) is 5.69 Å². The number of carbonyl (C=O) groups excluding carboxylic acids is 2. The maximum absolute atomic E-state index is 13.5. The van der Waals surface area contributed by atoms with Crippen molar-refractivity contribution in [1.82, 2.24) is 4.90 Å². The lowest BCUT2D eigenvalue weighted by Crippen LogP contribution is -2.38. The Morgan fingerprint density at radius 2 is 1.76 bits per heavy atom. The van der Waals surface area contributed by atoms with Crippen LogP contribution >= 0.6 is 22.9 Å². The summed E-state index contributed by atoms with van der Waals surface area (Å²) in [7, 11) is 3.21. The van der Waals surface area contributed by atoms with E-state index in [0.717, 1.165) is 10.4 Å². The number of amides is 2. The second-order valence-electron chi connectivity index (χ2n) is 6.55. The molecule has 1 aliphatic rings. The van der Waals surface area contributed by atoms with Crippen molar-refractivity contribution < 1.29 is 19.1 Å². The molecule has 1 aromatic carbocycles. The summed E-state index contributed by atoms with van der Waals surface area (Å²) in [4.78, 5) is 30.8. The maximum Gasteiger partial charge on any atom is 0.282 e. The number of imide groups is 1. The topological polar surface area (TPSA) is 59.1 Å². The molecule has 0 saturated carbocycles. The Morgan fingerprint density at radius 3 is 2.34 bits per heavy atom. The largest absolute Gasteiger partial charge is 0.383 e. The number of nitrogens with zero attached hydrogens (tertiary/aromatic N) is 2. The predicted octanol–water partition coefficient (Wildman–Crippen LogP) is 3.59. The highest BCUT2D eigenvalue weighted by molar-refractivity contribution is 7.11. The van der Waals surface area contributed by atoms with E-state index < -0.39 is 0 Å². The van der Waals surface area contributed by atoms with Crippen LogP contribution in [0.2, 0.25) is 5.02 Å². The number of anilines is 1. The molecule has 0 spiro atoms. The summed E-state index contributed by atoms with van der Waals surface area (Å²) in [5.41, 5.74) is 2.06. The molecule has 0 bridgehead atoms. The number of methoxy groups -OCH3 is 2. The number of hydrogen-bond donors (Lipinski definition) is 0. The first kappa shape index (κ1) is 21.5. The highest BCUT2D eigenvalue weighted by atomic mass is 35.5. The molecule has 8 heteroatoms. The molecule has 0 N–H and O–H groups in total. The highest BCUT2D eigenvalue weighted by Gasteiger charge is 2.43. The van der Waals surface area contributed by atoms with Gasteiger partial charge in [-0.1, -0.05) is 23.7 Å². The van der Waals surface area contributed by atoms with Gasteiger partial charge in [0.05, 0.1) is 24.5 Å². The van der Waals surface area contributed by atoms with Gasteiger partial charge in [-0.05, 0) is 36.1 Å². The fourth-order valence-electron chi connectivity index (χ4n) is 3.24. The molecule has 2 amide bonds. The summed E-state index contributed by atoms with van der Waals surface area (Å²) in [5.74, 6) is -0.714. The smallest absolute Gasteiger partial charge is 0.282 e. The van der Waals surface area contributed by atoms with E-state index in [9.17, 15) is 9.59 Å². The number of rotatable bonds is 9. The van der Waals surface area contributed by atoms with Crippen molar-refractivity contribution in [2.75, 3.05) is 45.4 Å². The molecule has 154 valence electrons. The van der Waals surface area contributed by atoms with Gasteiger partial charge < -0.3 is 14.4 Å². The van der Waals surface area contributed by atoms with Gasteiger partial charge in [0, 0.05) is 37.2 Å². The van der Waals surface area contributed by atoms with Crippen molar-refractivity contribution in [3.05, 3.63) is 56.9 Å². The summed E-state index contributed by atoms with van der Waals surface area (Å²) in [6, 6.07) is 8.91. The van der Waals surface area contributed by atoms with E-state index in [0.29, 0.717) is 48.3 Å². The fraction of sp³-hybridized carbons (Fsp3) is 0.333.